The van der Waals surface area contributed by atoms with Crippen molar-refractivity contribution in [1.29, 1.82) is 5.26 Å². The van der Waals surface area contributed by atoms with Crippen LogP contribution in [0, 0.1) is 11.3 Å². The van der Waals surface area contributed by atoms with E-state index in [4.69, 9.17) is 4.74 Å². The largest absolute Gasteiger partial charge is 0.373 e. The summed E-state index contributed by atoms with van der Waals surface area (Å²) in [6.45, 7) is 1.60. The van der Waals surface area contributed by atoms with E-state index in [1.165, 1.54) is 0 Å². The molecule has 3 rings (SSSR count). The van der Waals surface area contributed by atoms with Gasteiger partial charge in [0.25, 0.3) is 0 Å². The maximum absolute atomic E-state index is 9.67. The number of rotatable bonds is 3. The van der Waals surface area contributed by atoms with Crippen molar-refractivity contribution in [2.24, 2.45) is 0 Å². The number of benzene rings is 2. The van der Waals surface area contributed by atoms with E-state index < -0.39 is 5.54 Å². The molecule has 0 saturated carbocycles. The molecule has 0 fully saturated rings. The summed E-state index contributed by atoms with van der Waals surface area (Å²) in [5.74, 6) is 0. The summed E-state index contributed by atoms with van der Waals surface area (Å²) in [5.41, 5.74) is 2.51. The van der Waals surface area contributed by atoms with Gasteiger partial charge in [-0.1, -0.05) is 54.6 Å². The summed E-state index contributed by atoms with van der Waals surface area (Å²) in [6, 6.07) is 20.5. The van der Waals surface area contributed by atoms with E-state index in [9.17, 15) is 5.26 Å². The quantitative estimate of drug-likeness (QED) is 0.927. The summed E-state index contributed by atoms with van der Waals surface area (Å²) in [6.07, 6.45) is 0. The second kappa shape index (κ2) is 5.46. The molecule has 0 aliphatic carbocycles. The highest BCUT2D eigenvalue weighted by Gasteiger charge is 2.37. The second-order valence-electron chi connectivity index (χ2n) is 5.01. The van der Waals surface area contributed by atoms with Gasteiger partial charge in [-0.15, -0.1) is 0 Å². The van der Waals surface area contributed by atoms with Crippen molar-refractivity contribution in [3.8, 4) is 6.07 Å². The molecule has 3 nitrogen and oxygen atoms in total. The number of hydrogen-bond acceptors (Lipinski definition) is 3. The minimum absolute atomic E-state index is 0.382. The average molecular weight is 264 g/mol. The summed E-state index contributed by atoms with van der Waals surface area (Å²) < 4.78 is 5.61. The predicted octanol–water partition coefficient (Wildman–Crippen LogP) is 2.73. The van der Waals surface area contributed by atoms with Gasteiger partial charge >= 0.3 is 0 Å². The molecule has 100 valence electrons. The SMILES string of the molecule is N#CC1(NCc2ccccc2)COCc2ccccc21. The molecule has 0 aromatic heterocycles. The van der Waals surface area contributed by atoms with Gasteiger partial charge in [0.05, 0.1) is 19.3 Å². The van der Waals surface area contributed by atoms with Crippen LogP contribution in [0.5, 0.6) is 0 Å². The Morgan fingerprint density at radius 1 is 1.10 bits per heavy atom. The molecular formula is C17H16N2O. The first kappa shape index (κ1) is 12.9. The Kier molecular flexibility index (Phi) is 3.51. The fourth-order valence-electron chi connectivity index (χ4n) is 2.58. The van der Waals surface area contributed by atoms with Crippen LogP contribution in [-0.2, 0) is 23.4 Å². The molecule has 0 bridgehead atoms. The number of nitrogens with zero attached hydrogens (tertiary/aromatic N) is 1. The zero-order valence-electron chi connectivity index (χ0n) is 11.2. The average Bonchev–Trinajstić information content (AvgIpc) is 2.54. The fourth-order valence-corrected chi connectivity index (χ4v) is 2.58. The zero-order valence-corrected chi connectivity index (χ0v) is 11.2. The van der Waals surface area contributed by atoms with Crippen LogP contribution in [0.1, 0.15) is 16.7 Å². The molecule has 0 spiro atoms. The Hall–Kier alpha value is -2.15. The van der Waals surface area contributed by atoms with Crippen molar-refractivity contribution < 1.29 is 4.74 Å². The van der Waals surface area contributed by atoms with Gasteiger partial charge in [0, 0.05) is 6.54 Å². The number of fused-ring (bicyclic) bond motifs is 1. The van der Waals surface area contributed by atoms with E-state index >= 15 is 0 Å². The first-order valence-electron chi connectivity index (χ1n) is 6.70. The van der Waals surface area contributed by atoms with Gasteiger partial charge in [0.1, 0.15) is 0 Å². The molecule has 0 saturated heterocycles. The molecule has 1 heterocycles. The van der Waals surface area contributed by atoms with Crippen LogP contribution >= 0.6 is 0 Å². The molecule has 1 aliphatic rings. The maximum Gasteiger partial charge on any atom is 0.156 e. The van der Waals surface area contributed by atoms with Crippen molar-refractivity contribution in [2.75, 3.05) is 6.61 Å². The molecule has 0 radical (unpaired) electrons. The van der Waals surface area contributed by atoms with E-state index in [-0.39, 0.29) is 0 Å². The Morgan fingerprint density at radius 3 is 2.65 bits per heavy atom. The number of nitriles is 1. The third-order valence-corrected chi connectivity index (χ3v) is 3.68. The van der Waals surface area contributed by atoms with Crippen molar-refractivity contribution in [3.05, 3.63) is 71.3 Å². The van der Waals surface area contributed by atoms with Crippen LogP contribution in [-0.4, -0.2) is 6.61 Å². The number of nitrogens with one attached hydrogen (secondary N) is 1. The second-order valence-corrected chi connectivity index (χ2v) is 5.01. The molecule has 1 atom stereocenters. The van der Waals surface area contributed by atoms with Crippen molar-refractivity contribution >= 4 is 0 Å². The number of hydrogen-bond donors (Lipinski definition) is 1. The molecule has 0 amide bonds. The summed E-state index contributed by atoms with van der Waals surface area (Å²) >= 11 is 0. The molecule has 3 heteroatoms. The van der Waals surface area contributed by atoms with E-state index in [1.54, 1.807) is 0 Å². The highest BCUT2D eigenvalue weighted by Crippen LogP contribution is 2.30. The van der Waals surface area contributed by atoms with Crippen LogP contribution in [0.3, 0.4) is 0 Å². The summed E-state index contributed by atoms with van der Waals surface area (Å²) in [7, 11) is 0. The third-order valence-electron chi connectivity index (χ3n) is 3.68. The van der Waals surface area contributed by atoms with Gasteiger partial charge in [-0.2, -0.15) is 5.26 Å². The van der Waals surface area contributed by atoms with Crippen LogP contribution in [0.25, 0.3) is 0 Å². The first-order chi connectivity index (χ1) is 9.84. The van der Waals surface area contributed by atoms with Gasteiger partial charge in [0.2, 0.25) is 0 Å². The highest BCUT2D eigenvalue weighted by atomic mass is 16.5. The zero-order chi connectivity index (χ0) is 13.8. The molecule has 2 aromatic carbocycles. The standard InChI is InChI=1S/C17H16N2O/c18-12-17(19-10-14-6-2-1-3-7-14)13-20-11-15-8-4-5-9-16(15)17/h1-9,19H,10-11,13H2. The van der Waals surface area contributed by atoms with Crippen molar-refractivity contribution in [2.45, 2.75) is 18.7 Å². The van der Waals surface area contributed by atoms with Crippen molar-refractivity contribution in [1.82, 2.24) is 5.32 Å². The lowest BCUT2D eigenvalue weighted by atomic mass is 9.86. The normalized spacial score (nSPS) is 20.9. The topological polar surface area (TPSA) is 45.0 Å². The van der Waals surface area contributed by atoms with Crippen molar-refractivity contribution in [3.63, 3.8) is 0 Å². The molecule has 2 aromatic rings. The van der Waals surface area contributed by atoms with Gasteiger partial charge in [0.15, 0.2) is 5.54 Å². The van der Waals surface area contributed by atoms with Gasteiger partial charge in [-0.3, -0.25) is 5.32 Å². The lowest BCUT2D eigenvalue weighted by molar-refractivity contribution is 0.0575. The van der Waals surface area contributed by atoms with Crippen LogP contribution in [0.4, 0.5) is 0 Å². The van der Waals surface area contributed by atoms with E-state index in [2.05, 4.69) is 11.4 Å². The Labute approximate surface area is 118 Å². The Balaban J connectivity index is 1.88. The monoisotopic (exact) mass is 264 g/mol. The van der Waals surface area contributed by atoms with E-state index in [0.717, 1.165) is 16.7 Å². The molecule has 1 unspecified atom stereocenters. The molecule has 20 heavy (non-hydrogen) atoms. The van der Waals surface area contributed by atoms with Gasteiger partial charge in [-0.25, -0.2) is 0 Å². The van der Waals surface area contributed by atoms with Crippen LogP contribution in [0.2, 0.25) is 0 Å². The third kappa shape index (κ3) is 2.32. The minimum atomic E-state index is -0.759. The van der Waals surface area contributed by atoms with Gasteiger partial charge < -0.3 is 4.74 Å². The fraction of sp³-hybridized carbons (Fsp3) is 0.235. The summed E-state index contributed by atoms with van der Waals surface area (Å²) in [4.78, 5) is 0. The lowest BCUT2D eigenvalue weighted by Gasteiger charge is -2.34. The Bertz CT molecular complexity index is 633. The summed E-state index contributed by atoms with van der Waals surface area (Å²) in [5, 5.41) is 13.0. The maximum atomic E-state index is 9.67. The smallest absolute Gasteiger partial charge is 0.156 e. The highest BCUT2D eigenvalue weighted by molar-refractivity contribution is 5.40. The van der Waals surface area contributed by atoms with Crippen LogP contribution < -0.4 is 5.32 Å². The van der Waals surface area contributed by atoms with E-state index in [0.29, 0.717) is 19.8 Å². The lowest BCUT2D eigenvalue weighted by Crippen LogP contribution is -2.47. The molecular weight excluding hydrogens is 248 g/mol. The Morgan fingerprint density at radius 2 is 1.85 bits per heavy atom. The minimum Gasteiger partial charge on any atom is -0.373 e. The van der Waals surface area contributed by atoms with Gasteiger partial charge in [-0.05, 0) is 16.7 Å². The van der Waals surface area contributed by atoms with E-state index in [1.807, 2.05) is 54.6 Å². The number of ether oxygens (including phenoxy) is 1. The molecule has 1 aliphatic heterocycles. The van der Waals surface area contributed by atoms with Crippen LogP contribution in [0.15, 0.2) is 54.6 Å². The predicted molar refractivity (Wildman–Crippen MR) is 76.7 cm³/mol. The molecule has 1 N–H and O–H groups in total. The first-order valence-corrected chi connectivity index (χ1v) is 6.70.